The van der Waals surface area contributed by atoms with Crippen molar-refractivity contribution in [2.75, 3.05) is 0 Å². The van der Waals surface area contributed by atoms with Crippen LogP contribution in [0.15, 0.2) is 18.2 Å². The van der Waals surface area contributed by atoms with Gasteiger partial charge in [-0.3, -0.25) is 10.2 Å². The highest BCUT2D eigenvalue weighted by Crippen LogP contribution is 2.32. The number of hydrazine groups is 1. The second-order valence-electron chi connectivity index (χ2n) is 3.08. The van der Waals surface area contributed by atoms with Gasteiger partial charge in [0.15, 0.2) is 6.10 Å². The van der Waals surface area contributed by atoms with Gasteiger partial charge < -0.3 is 4.74 Å². The number of halogens is 2. The molecule has 1 rings (SSSR count). The highest BCUT2D eigenvalue weighted by atomic mass is 35.5. The number of carbonyl (C=O) groups excluding carboxylic acids is 1. The fourth-order valence-corrected chi connectivity index (χ4v) is 1.48. The summed E-state index contributed by atoms with van der Waals surface area (Å²) in [4.78, 5) is 11.3. The Labute approximate surface area is 104 Å². The minimum absolute atomic E-state index is 0.285. The van der Waals surface area contributed by atoms with Crippen LogP contribution in [0.5, 0.6) is 5.75 Å². The summed E-state index contributed by atoms with van der Waals surface area (Å²) in [5.74, 6) is 4.99. The maximum absolute atomic E-state index is 11.3. The standard InChI is InChI=1S/C10H12Cl2N2O2/c1-2-7(10(15)14-13)16-8-5-3-4-6(11)9(8)12/h3-5,7H,2,13H2,1H3,(H,14,15). The number of nitrogens with one attached hydrogen (secondary N) is 1. The molecule has 0 saturated heterocycles. The van der Waals surface area contributed by atoms with Crippen LogP contribution in [0.4, 0.5) is 0 Å². The lowest BCUT2D eigenvalue weighted by atomic mass is 10.2. The molecule has 1 aromatic rings. The van der Waals surface area contributed by atoms with Gasteiger partial charge in [0, 0.05) is 0 Å². The number of hydrogen-bond donors (Lipinski definition) is 2. The van der Waals surface area contributed by atoms with Gasteiger partial charge in [0.2, 0.25) is 0 Å². The van der Waals surface area contributed by atoms with Gasteiger partial charge in [-0.25, -0.2) is 5.84 Å². The van der Waals surface area contributed by atoms with E-state index in [0.29, 0.717) is 17.2 Å². The Morgan fingerprint density at radius 2 is 2.25 bits per heavy atom. The van der Waals surface area contributed by atoms with E-state index in [1.807, 2.05) is 5.43 Å². The summed E-state index contributed by atoms with van der Waals surface area (Å²) >= 11 is 11.7. The van der Waals surface area contributed by atoms with Gasteiger partial charge in [-0.05, 0) is 18.6 Å². The number of ether oxygens (including phenoxy) is 1. The van der Waals surface area contributed by atoms with E-state index in [1.165, 1.54) is 0 Å². The van der Waals surface area contributed by atoms with E-state index in [2.05, 4.69) is 0 Å². The van der Waals surface area contributed by atoms with Crippen LogP contribution in [0, 0.1) is 0 Å². The molecule has 1 atom stereocenters. The van der Waals surface area contributed by atoms with Gasteiger partial charge in [-0.1, -0.05) is 36.2 Å². The number of hydrogen-bond acceptors (Lipinski definition) is 3. The van der Waals surface area contributed by atoms with Crippen LogP contribution in [0.25, 0.3) is 0 Å². The molecule has 88 valence electrons. The van der Waals surface area contributed by atoms with Crippen molar-refractivity contribution >= 4 is 29.1 Å². The Morgan fingerprint density at radius 1 is 1.56 bits per heavy atom. The predicted molar refractivity (Wildman–Crippen MR) is 63.5 cm³/mol. The van der Waals surface area contributed by atoms with Crippen LogP contribution < -0.4 is 16.0 Å². The first-order valence-corrected chi connectivity index (χ1v) is 5.46. The Bertz CT molecular complexity index is 385. The van der Waals surface area contributed by atoms with Gasteiger partial charge >= 0.3 is 0 Å². The normalized spacial score (nSPS) is 12.0. The van der Waals surface area contributed by atoms with E-state index in [4.69, 9.17) is 33.8 Å². The fourth-order valence-electron chi connectivity index (χ4n) is 1.14. The van der Waals surface area contributed by atoms with Crippen LogP contribution in [0.3, 0.4) is 0 Å². The van der Waals surface area contributed by atoms with E-state index in [1.54, 1.807) is 25.1 Å². The smallest absolute Gasteiger partial charge is 0.274 e. The summed E-state index contributed by atoms with van der Waals surface area (Å²) in [5, 5.41) is 0.662. The Kier molecular flexibility index (Phi) is 4.86. The molecule has 0 aliphatic rings. The summed E-state index contributed by atoms with van der Waals surface area (Å²) < 4.78 is 5.42. The first kappa shape index (κ1) is 13.1. The van der Waals surface area contributed by atoms with Crippen molar-refractivity contribution in [1.29, 1.82) is 0 Å². The molecular formula is C10H12Cl2N2O2. The average molecular weight is 263 g/mol. The predicted octanol–water partition coefficient (Wildman–Crippen LogP) is 2.14. The zero-order chi connectivity index (χ0) is 12.1. The molecule has 0 fully saturated rings. The second-order valence-corrected chi connectivity index (χ2v) is 3.86. The molecule has 0 aliphatic carbocycles. The molecule has 1 unspecified atom stereocenters. The summed E-state index contributed by atoms with van der Waals surface area (Å²) in [5.41, 5.74) is 2.03. The maximum atomic E-state index is 11.3. The van der Waals surface area contributed by atoms with Crippen LogP contribution in [-0.4, -0.2) is 12.0 Å². The van der Waals surface area contributed by atoms with Gasteiger partial charge in [-0.2, -0.15) is 0 Å². The topological polar surface area (TPSA) is 64.3 Å². The minimum Gasteiger partial charge on any atom is -0.479 e. The first-order chi connectivity index (χ1) is 7.60. The third kappa shape index (κ3) is 3.01. The summed E-state index contributed by atoms with van der Waals surface area (Å²) in [6.07, 6.45) is -0.202. The van der Waals surface area contributed by atoms with Gasteiger partial charge in [0.1, 0.15) is 10.8 Å². The summed E-state index contributed by atoms with van der Waals surface area (Å²) in [7, 11) is 0. The highest BCUT2D eigenvalue weighted by molar-refractivity contribution is 6.42. The zero-order valence-electron chi connectivity index (χ0n) is 8.67. The molecule has 0 radical (unpaired) electrons. The van der Waals surface area contributed by atoms with Crippen molar-refractivity contribution in [2.45, 2.75) is 19.4 Å². The molecule has 1 aromatic carbocycles. The first-order valence-electron chi connectivity index (χ1n) is 4.71. The molecule has 1 amide bonds. The van der Waals surface area contributed by atoms with Crippen LogP contribution in [0.1, 0.15) is 13.3 Å². The molecule has 0 heterocycles. The molecule has 0 spiro atoms. The maximum Gasteiger partial charge on any atom is 0.274 e. The lowest BCUT2D eigenvalue weighted by Crippen LogP contribution is -2.41. The lowest BCUT2D eigenvalue weighted by Gasteiger charge is -2.16. The van der Waals surface area contributed by atoms with Crippen molar-refractivity contribution in [3.8, 4) is 5.75 Å². The molecule has 6 heteroatoms. The quantitative estimate of drug-likeness (QED) is 0.497. The van der Waals surface area contributed by atoms with Gasteiger partial charge in [-0.15, -0.1) is 0 Å². The monoisotopic (exact) mass is 262 g/mol. The third-order valence-corrected chi connectivity index (χ3v) is 2.79. The van der Waals surface area contributed by atoms with E-state index in [-0.39, 0.29) is 5.02 Å². The van der Waals surface area contributed by atoms with Gasteiger partial charge in [0.25, 0.3) is 5.91 Å². The van der Waals surface area contributed by atoms with Crippen molar-refractivity contribution in [1.82, 2.24) is 5.43 Å². The number of amides is 1. The second kappa shape index (κ2) is 5.94. The number of benzene rings is 1. The van der Waals surface area contributed by atoms with Crippen LogP contribution in [0.2, 0.25) is 10.0 Å². The van der Waals surface area contributed by atoms with Crippen LogP contribution >= 0.6 is 23.2 Å². The molecule has 0 saturated carbocycles. The van der Waals surface area contributed by atoms with Gasteiger partial charge in [0.05, 0.1) is 5.02 Å². The lowest BCUT2D eigenvalue weighted by molar-refractivity contribution is -0.128. The highest BCUT2D eigenvalue weighted by Gasteiger charge is 2.18. The minimum atomic E-state index is -0.680. The Balaban J connectivity index is 2.86. The van der Waals surface area contributed by atoms with E-state index in [0.717, 1.165) is 0 Å². The molecule has 0 aliphatic heterocycles. The third-order valence-electron chi connectivity index (χ3n) is 1.99. The molecule has 0 aromatic heterocycles. The number of rotatable bonds is 4. The van der Waals surface area contributed by atoms with E-state index < -0.39 is 12.0 Å². The molecule has 16 heavy (non-hydrogen) atoms. The Hall–Kier alpha value is -0.970. The fraction of sp³-hybridized carbons (Fsp3) is 0.300. The van der Waals surface area contributed by atoms with Crippen molar-refractivity contribution < 1.29 is 9.53 Å². The van der Waals surface area contributed by atoms with E-state index in [9.17, 15) is 4.79 Å². The van der Waals surface area contributed by atoms with Crippen molar-refractivity contribution in [3.05, 3.63) is 28.2 Å². The van der Waals surface area contributed by atoms with Crippen molar-refractivity contribution in [2.24, 2.45) is 5.84 Å². The largest absolute Gasteiger partial charge is 0.479 e. The Morgan fingerprint density at radius 3 is 2.81 bits per heavy atom. The molecular weight excluding hydrogens is 251 g/mol. The van der Waals surface area contributed by atoms with Crippen molar-refractivity contribution in [3.63, 3.8) is 0 Å². The summed E-state index contributed by atoms with van der Waals surface area (Å²) in [6, 6.07) is 4.97. The number of nitrogens with two attached hydrogens (primary N) is 1. The molecule has 3 N–H and O–H groups in total. The number of carbonyl (C=O) groups is 1. The average Bonchev–Trinajstić information content (AvgIpc) is 2.30. The zero-order valence-corrected chi connectivity index (χ0v) is 10.2. The summed E-state index contributed by atoms with van der Waals surface area (Å²) in [6.45, 7) is 1.80. The van der Waals surface area contributed by atoms with Crippen LogP contribution in [-0.2, 0) is 4.79 Å². The van der Waals surface area contributed by atoms with E-state index >= 15 is 0 Å². The molecule has 0 bridgehead atoms. The SMILES string of the molecule is CCC(Oc1cccc(Cl)c1Cl)C(=O)NN. The molecule has 4 nitrogen and oxygen atoms in total.